The van der Waals surface area contributed by atoms with E-state index in [0.29, 0.717) is 11.3 Å². The summed E-state index contributed by atoms with van der Waals surface area (Å²) in [5.74, 6) is -0.655. The molecule has 0 unspecified atom stereocenters. The third kappa shape index (κ3) is 4.85. The van der Waals surface area contributed by atoms with E-state index in [1.165, 1.54) is 42.5 Å². The highest BCUT2D eigenvalue weighted by Gasteiger charge is 2.20. The number of aryl methyl sites for hydroxylation is 1. The number of hydrogen-bond donors (Lipinski definition) is 2. The van der Waals surface area contributed by atoms with Crippen molar-refractivity contribution >= 4 is 51.9 Å². The first kappa shape index (κ1) is 21.9. The van der Waals surface area contributed by atoms with Gasteiger partial charge in [0, 0.05) is 17.8 Å². The molecule has 0 atom stereocenters. The molecule has 3 aromatic rings. The minimum Gasteiger partial charge on any atom is -0.451 e. The third-order valence-corrected chi connectivity index (χ3v) is 4.67. The number of benzene rings is 2. The smallest absolute Gasteiger partial charge is 0.293 e. The van der Waals surface area contributed by atoms with Gasteiger partial charge in [0.1, 0.15) is 10.8 Å². The molecule has 0 aliphatic rings. The Labute approximate surface area is 185 Å². The Kier molecular flexibility index (Phi) is 6.28. The van der Waals surface area contributed by atoms with Gasteiger partial charge in [-0.3, -0.25) is 30.3 Å². The second-order valence-electron chi connectivity index (χ2n) is 6.22. The minimum absolute atomic E-state index is 0.0904. The number of thiocarbonyl (C=S) groups is 1. The standard InChI is InChI=1S/C19H13ClN4O6S/c1-10-8-15(24(28)29)12(20)9-13(10)21-19(31)22-18(25)17-7-6-16(30-17)11-4-2-3-5-14(11)23(26)27/h2-9H,1H3,(H2,21,22,25,31). The van der Waals surface area contributed by atoms with Crippen LogP contribution in [0.4, 0.5) is 17.1 Å². The number of furan rings is 1. The molecule has 0 saturated heterocycles. The number of para-hydroxylation sites is 1. The molecular formula is C19H13ClN4O6S. The van der Waals surface area contributed by atoms with Crippen LogP contribution in [0.2, 0.25) is 5.02 Å². The zero-order chi connectivity index (χ0) is 22.7. The van der Waals surface area contributed by atoms with Crippen molar-refractivity contribution in [2.45, 2.75) is 6.92 Å². The number of amides is 1. The molecule has 2 aromatic carbocycles. The van der Waals surface area contributed by atoms with Crippen molar-refractivity contribution in [2.24, 2.45) is 0 Å². The Balaban J connectivity index is 1.73. The van der Waals surface area contributed by atoms with E-state index < -0.39 is 15.8 Å². The van der Waals surface area contributed by atoms with Crippen LogP contribution in [0.1, 0.15) is 16.1 Å². The molecule has 0 bridgehead atoms. The van der Waals surface area contributed by atoms with E-state index in [9.17, 15) is 25.0 Å². The van der Waals surface area contributed by atoms with Crippen molar-refractivity contribution in [3.63, 3.8) is 0 Å². The van der Waals surface area contributed by atoms with Gasteiger partial charge in [0.25, 0.3) is 17.3 Å². The zero-order valence-corrected chi connectivity index (χ0v) is 17.3. The fourth-order valence-electron chi connectivity index (χ4n) is 2.71. The van der Waals surface area contributed by atoms with Gasteiger partial charge in [-0.2, -0.15) is 0 Å². The number of rotatable bonds is 5. The first-order chi connectivity index (χ1) is 14.7. The highest BCUT2D eigenvalue weighted by molar-refractivity contribution is 7.80. The Bertz CT molecular complexity index is 1230. The van der Waals surface area contributed by atoms with Crippen molar-refractivity contribution in [3.8, 4) is 11.3 Å². The minimum atomic E-state index is -0.687. The SMILES string of the molecule is Cc1cc([N+](=O)[O-])c(Cl)cc1NC(=S)NC(=O)c1ccc(-c2ccccc2[N+](=O)[O-])o1. The number of halogens is 1. The second-order valence-corrected chi connectivity index (χ2v) is 7.04. The molecular weight excluding hydrogens is 448 g/mol. The quantitative estimate of drug-likeness (QED) is 0.312. The van der Waals surface area contributed by atoms with Crippen LogP contribution in [0.5, 0.6) is 0 Å². The Morgan fingerprint density at radius 2 is 1.74 bits per heavy atom. The number of nitrogens with one attached hydrogen (secondary N) is 2. The number of hydrogen-bond acceptors (Lipinski definition) is 7. The number of carbonyl (C=O) groups is 1. The van der Waals surface area contributed by atoms with Gasteiger partial charge in [-0.25, -0.2) is 0 Å². The summed E-state index contributed by atoms with van der Waals surface area (Å²) in [7, 11) is 0. The summed E-state index contributed by atoms with van der Waals surface area (Å²) in [6, 6.07) is 11.4. The molecule has 2 N–H and O–H groups in total. The topological polar surface area (TPSA) is 141 Å². The molecule has 1 amide bonds. The van der Waals surface area contributed by atoms with Gasteiger partial charge < -0.3 is 9.73 Å². The Morgan fingerprint density at radius 3 is 2.42 bits per heavy atom. The van der Waals surface area contributed by atoms with Gasteiger partial charge >= 0.3 is 0 Å². The summed E-state index contributed by atoms with van der Waals surface area (Å²) >= 11 is 11.0. The van der Waals surface area contributed by atoms with Crippen molar-refractivity contribution < 1.29 is 19.1 Å². The summed E-state index contributed by atoms with van der Waals surface area (Å²) in [5, 5.41) is 27.1. The Morgan fingerprint density at radius 1 is 1.06 bits per heavy atom. The molecule has 31 heavy (non-hydrogen) atoms. The van der Waals surface area contributed by atoms with Crippen LogP contribution in [0.15, 0.2) is 52.9 Å². The molecule has 3 rings (SSSR count). The highest BCUT2D eigenvalue weighted by Crippen LogP contribution is 2.32. The van der Waals surface area contributed by atoms with Gasteiger partial charge in [-0.15, -0.1) is 0 Å². The summed E-state index contributed by atoms with van der Waals surface area (Å²) in [5.41, 5.74) is 0.679. The molecule has 158 valence electrons. The van der Waals surface area contributed by atoms with Gasteiger partial charge in [-0.1, -0.05) is 23.7 Å². The Hall–Kier alpha value is -3.83. The molecule has 0 aliphatic carbocycles. The predicted molar refractivity (Wildman–Crippen MR) is 117 cm³/mol. The lowest BCUT2D eigenvalue weighted by Crippen LogP contribution is -2.34. The van der Waals surface area contributed by atoms with Crippen LogP contribution in [0.25, 0.3) is 11.3 Å². The lowest BCUT2D eigenvalue weighted by Gasteiger charge is -2.11. The van der Waals surface area contributed by atoms with Crippen molar-refractivity contribution in [2.75, 3.05) is 5.32 Å². The molecule has 0 radical (unpaired) electrons. The van der Waals surface area contributed by atoms with Crippen LogP contribution >= 0.6 is 23.8 Å². The first-order valence-corrected chi connectivity index (χ1v) is 9.36. The molecule has 0 saturated carbocycles. The monoisotopic (exact) mass is 460 g/mol. The van der Waals surface area contributed by atoms with Gasteiger partial charge in [0.15, 0.2) is 10.9 Å². The average Bonchev–Trinajstić information content (AvgIpc) is 3.20. The van der Waals surface area contributed by atoms with E-state index in [2.05, 4.69) is 10.6 Å². The molecule has 0 fully saturated rings. The maximum Gasteiger partial charge on any atom is 0.293 e. The second kappa shape index (κ2) is 8.90. The number of nitro benzene ring substituents is 2. The summed E-state index contributed by atoms with van der Waals surface area (Å²) < 4.78 is 5.46. The fourth-order valence-corrected chi connectivity index (χ4v) is 3.14. The fraction of sp³-hybridized carbons (Fsp3) is 0.0526. The summed E-state index contributed by atoms with van der Waals surface area (Å²) in [6.45, 7) is 1.61. The maximum absolute atomic E-state index is 12.4. The van der Waals surface area contributed by atoms with E-state index in [1.54, 1.807) is 13.0 Å². The van der Waals surface area contributed by atoms with Crippen LogP contribution < -0.4 is 10.6 Å². The molecule has 12 heteroatoms. The lowest BCUT2D eigenvalue weighted by molar-refractivity contribution is -0.384. The van der Waals surface area contributed by atoms with E-state index >= 15 is 0 Å². The van der Waals surface area contributed by atoms with Crippen molar-refractivity contribution in [1.29, 1.82) is 0 Å². The van der Waals surface area contributed by atoms with Crippen molar-refractivity contribution in [1.82, 2.24) is 5.32 Å². The summed E-state index contributed by atoms with van der Waals surface area (Å²) in [4.78, 5) is 33.4. The zero-order valence-electron chi connectivity index (χ0n) is 15.7. The van der Waals surface area contributed by atoms with E-state index in [4.69, 9.17) is 28.2 Å². The largest absolute Gasteiger partial charge is 0.451 e. The van der Waals surface area contributed by atoms with Crippen LogP contribution in [-0.2, 0) is 0 Å². The number of anilines is 1. The average molecular weight is 461 g/mol. The molecule has 0 aliphatic heterocycles. The van der Waals surface area contributed by atoms with Crippen LogP contribution in [-0.4, -0.2) is 20.9 Å². The van der Waals surface area contributed by atoms with Gasteiger partial charge in [0.05, 0.1) is 15.4 Å². The van der Waals surface area contributed by atoms with E-state index in [0.717, 1.165) is 0 Å². The number of carbonyl (C=O) groups excluding carboxylic acids is 1. The third-order valence-electron chi connectivity index (χ3n) is 4.16. The van der Waals surface area contributed by atoms with E-state index in [1.807, 2.05) is 0 Å². The first-order valence-electron chi connectivity index (χ1n) is 8.58. The number of nitrogens with zero attached hydrogens (tertiary/aromatic N) is 2. The molecule has 1 aromatic heterocycles. The highest BCUT2D eigenvalue weighted by atomic mass is 35.5. The van der Waals surface area contributed by atoms with Crippen LogP contribution in [0.3, 0.4) is 0 Å². The maximum atomic E-state index is 12.4. The molecule has 10 nitrogen and oxygen atoms in total. The predicted octanol–water partition coefficient (Wildman–Crippen LogP) is 4.85. The summed E-state index contributed by atoms with van der Waals surface area (Å²) in [6.07, 6.45) is 0. The van der Waals surface area contributed by atoms with Gasteiger partial charge in [0.2, 0.25) is 0 Å². The van der Waals surface area contributed by atoms with Gasteiger partial charge in [-0.05, 0) is 49.0 Å². The molecule has 1 heterocycles. The van der Waals surface area contributed by atoms with Crippen molar-refractivity contribution in [3.05, 3.63) is 85.1 Å². The van der Waals surface area contributed by atoms with Crippen LogP contribution in [0, 0.1) is 27.2 Å². The molecule has 0 spiro atoms. The van der Waals surface area contributed by atoms with E-state index in [-0.39, 0.29) is 38.6 Å². The normalized spacial score (nSPS) is 10.4. The lowest BCUT2D eigenvalue weighted by atomic mass is 10.1. The number of nitro groups is 2.